The summed E-state index contributed by atoms with van der Waals surface area (Å²) in [4.78, 5) is 39.5. The molecule has 0 saturated heterocycles. The highest BCUT2D eigenvalue weighted by atomic mass is 16.7. The van der Waals surface area contributed by atoms with Crippen LogP contribution in [0.15, 0.2) is 30.3 Å². The molecule has 0 saturated carbocycles. The number of benzene rings is 1. The van der Waals surface area contributed by atoms with Gasteiger partial charge in [0.1, 0.15) is 17.9 Å². The Bertz CT molecular complexity index is 613. The fraction of sp³-hybridized carbons (Fsp3) is 0.375. The largest absolute Gasteiger partial charge is 0.481 e. The minimum atomic E-state index is -1.66. The van der Waals surface area contributed by atoms with Gasteiger partial charge in [-0.25, -0.2) is 4.79 Å². The van der Waals surface area contributed by atoms with Gasteiger partial charge < -0.3 is 10.2 Å². The molecule has 0 radical (unpaired) electrons. The third kappa shape index (κ3) is 5.34. The number of carbonyl (C=O) groups is 2. The van der Waals surface area contributed by atoms with E-state index in [1.165, 1.54) is 12.1 Å². The van der Waals surface area contributed by atoms with Gasteiger partial charge in [0.15, 0.2) is 0 Å². The molecule has 1 aromatic rings. The SMILES string of the molecule is CC(C)(C)ON[C@H](C(=O)O)C(C(=O)O)C(=C=O)c1ccccc1. The molecule has 2 atom stereocenters. The number of carboxylic acid groups (broad SMARTS) is 2. The lowest BCUT2D eigenvalue weighted by molar-refractivity contribution is -0.160. The number of aliphatic carboxylic acids is 2. The second-order valence-corrected chi connectivity index (χ2v) is 5.85. The topological polar surface area (TPSA) is 113 Å². The van der Waals surface area contributed by atoms with E-state index in [-0.39, 0.29) is 5.57 Å². The van der Waals surface area contributed by atoms with Crippen LogP contribution in [0.4, 0.5) is 0 Å². The summed E-state index contributed by atoms with van der Waals surface area (Å²) in [5.74, 6) is -3.02. The second kappa shape index (κ2) is 7.69. The highest BCUT2D eigenvalue weighted by Gasteiger charge is 2.39. The van der Waals surface area contributed by atoms with E-state index in [9.17, 15) is 24.6 Å². The lowest BCUT2D eigenvalue weighted by Gasteiger charge is -2.26. The van der Waals surface area contributed by atoms with Gasteiger partial charge in [-0.1, -0.05) is 30.3 Å². The molecule has 1 rings (SSSR count). The van der Waals surface area contributed by atoms with Crippen molar-refractivity contribution >= 4 is 23.5 Å². The van der Waals surface area contributed by atoms with Crippen LogP contribution in [0.25, 0.3) is 5.57 Å². The van der Waals surface area contributed by atoms with Crippen molar-refractivity contribution in [2.24, 2.45) is 5.92 Å². The molecule has 0 aliphatic carbocycles. The molecule has 0 bridgehead atoms. The number of hydroxylamine groups is 1. The minimum Gasteiger partial charge on any atom is -0.481 e. The maximum absolute atomic E-state index is 11.6. The third-order valence-corrected chi connectivity index (χ3v) is 2.86. The van der Waals surface area contributed by atoms with Crippen molar-refractivity contribution in [1.29, 1.82) is 0 Å². The zero-order valence-electron chi connectivity index (χ0n) is 13.1. The molecule has 0 fully saturated rings. The summed E-state index contributed by atoms with van der Waals surface area (Å²) in [6.07, 6.45) is 0. The Kier molecular flexibility index (Phi) is 6.21. The van der Waals surface area contributed by atoms with E-state index in [0.29, 0.717) is 5.56 Å². The summed E-state index contributed by atoms with van der Waals surface area (Å²) in [6, 6.07) is 6.29. The monoisotopic (exact) mass is 321 g/mol. The predicted molar refractivity (Wildman–Crippen MR) is 82.1 cm³/mol. The molecule has 124 valence electrons. The second-order valence-electron chi connectivity index (χ2n) is 5.85. The zero-order valence-corrected chi connectivity index (χ0v) is 13.1. The van der Waals surface area contributed by atoms with Gasteiger partial charge in [0, 0.05) is 0 Å². The molecule has 7 nitrogen and oxygen atoms in total. The van der Waals surface area contributed by atoms with Crippen LogP contribution in [0.1, 0.15) is 26.3 Å². The van der Waals surface area contributed by atoms with E-state index in [2.05, 4.69) is 5.48 Å². The first-order valence-electron chi connectivity index (χ1n) is 6.87. The molecule has 3 N–H and O–H groups in total. The maximum Gasteiger partial charge on any atom is 0.324 e. The Morgan fingerprint density at radius 2 is 1.70 bits per heavy atom. The summed E-state index contributed by atoms with van der Waals surface area (Å²) < 4.78 is 0. The average Bonchev–Trinajstić information content (AvgIpc) is 2.45. The van der Waals surface area contributed by atoms with Crippen molar-refractivity contribution in [1.82, 2.24) is 5.48 Å². The van der Waals surface area contributed by atoms with Gasteiger partial charge >= 0.3 is 11.9 Å². The summed E-state index contributed by atoms with van der Waals surface area (Å²) in [6.45, 7) is 5.01. The molecular formula is C16H19NO6. The van der Waals surface area contributed by atoms with Crippen molar-refractivity contribution < 1.29 is 29.4 Å². The van der Waals surface area contributed by atoms with Gasteiger partial charge in [-0.05, 0) is 26.3 Å². The summed E-state index contributed by atoms with van der Waals surface area (Å²) in [5.41, 5.74) is 1.53. The van der Waals surface area contributed by atoms with Crippen molar-refractivity contribution in [3.05, 3.63) is 35.9 Å². The summed E-state index contributed by atoms with van der Waals surface area (Å²) in [5, 5.41) is 18.8. The van der Waals surface area contributed by atoms with Crippen LogP contribution in [0.2, 0.25) is 0 Å². The van der Waals surface area contributed by atoms with Crippen LogP contribution in [0.3, 0.4) is 0 Å². The van der Waals surface area contributed by atoms with Crippen LogP contribution >= 0.6 is 0 Å². The molecule has 0 aliphatic rings. The Balaban J connectivity index is 3.22. The van der Waals surface area contributed by atoms with E-state index < -0.39 is 29.5 Å². The molecular weight excluding hydrogens is 302 g/mol. The van der Waals surface area contributed by atoms with Crippen molar-refractivity contribution in [3.8, 4) is 0 Å². The minimum absolute atomic E-state index is 0.268. The Labute approximate surface area is 133 Å². The van der Waals surface area contributed by atoms with Gasteiger partial charge in [0.25, 0.3) is 0 Å². The zero-order chi connectivity index (χ0) is 17.6. The first-order chi connectivity index (χ1) is 10.7. The lowest BCUT2D eigenvalue weighted by atomic mass is 9.88. The molecule has 0 heterocycles. The van der Waals surface area contributed by atoms with E-state index in [1.54, 1.807) is 44.9 Å². The highest BCUT2D eigenvalue weighted by Crippen LogP contribution is 2.25. The first kappa shape index (κ1) is 18.6. The van der Waals surface area contributed by atoms with Crippen LogP contribution in [-0.4, -0.2) is 39.7 Å². The lowest BCUT2D eigenvalue weighted by Crippen LogP contribution is -2.49. The van der Waals surface area contributed by atoms with E-state index >= 15 is 0 Å². The number of carboxylic acids is 2. The molecule has 0 aliphatic heterocycles. The van der Waals surface area contributed by atoms with Crippen LogP contribution < -0.4 is 5.48 Å². The van der Waals surface area contributed by atoms with E-state index in [0.717, 1.165) is 0 Å². The third-order valence-electron chi connectivity index (χ3n) is 2.86. The number of nitrogens with one attached hydrogen (secondary N) is 1. The Hall–Kier alpha value is -2.47. The van der Waals surface area contributed by atoms with Crippen molar-refractivity contribution in [2.45, 2.75) is 32.4 Å². The molecule has 23 heavy (non-hydrogen) atoms. The molecule has 0 amide bonds. The molecule has 1 aromatic carbocycles. The molecule has 1 unspecified atom stereocenters. The van der Waals surface area contributed by atoms with Crippen LogP contribution in [-0.2, 0) is 19.2 Å². The normalized spacial score (nSPS) is 13.7. The van der Waals surface area contributed by atoms with E-state index in [1.807, 2.05) is 0 Å². The Morgan fingerprint density at radius 1 is 1.13 bits per heavy atom. The smallest absolute Gasteiger partial charge is 0.324 e. The first-order valence-corrected chi connectivity index (χ1v) is 6.87. The standard InChI is InChI=1S/C16H19NO6/c1-16(2,3)23-17-13(15(21)22)12(14(19)20)11(9-18)10-7-5-4-6-8-10/h4-8,12-13,17H,1-3H3,(H,19,20)(H,21,22)/t12?,13-/m0/s1. The van der Waals surface area contributed by atoms with Gasteiger partial charge in [0.05, 0.1) is 11.2 Å². The number of hydrogen-bond acceptors (Lipinski definition) is 5. The Morgan fingerprint density at radius 3 is 2.09 bits per heavy atom. The molecule has 7 heteroatoms. The van der Waals surface area contributed by atoms with Gasteiger partial charge in [-0.15, -0.1) is 0 Å². The molecule has 0 aromatic heterocycles. The predicted octanol–water partition coefficient (Wildman–Crippen LogP) is 1.38. The van der Waals surface area contributed by atoms with Crippen LogP contribution in [0.5, 0.6) is 0 Å². The summed E-state index contributed by atoms with van der Waals surface area (Å²) >= 11 is 0. The maximum atomic E-state index is 11.6. The quantitative estimate of drug-likeness (QED) is 0.513. The fourth-order valence-corrected chi connectivity index (χ4v) is 1.85. The number of carbonyl (C=O) groups excluding carboxylic acids is 1. The number of hydrogen-bond donors (Lipinski definition) is 3. The van der Waals surface area contributed by atoms with Gasteiger partial charge in [-0.3, -0.25) is 14.4 Å². The van der Waals surface area contributed by atoms with Crippen LogP contribution in [0, 0.1) is 5.92 Å². The molecule has 0 spiro atoms. The van der Waals surface area contributed by atoms with Crippen molar-refractivity contribution in [2.75, 3.05) is 0 Å². The fourth-order valence-electron chi connectivity index (χ4n) is 1.85. The van der Waals surface area contributed by atoms with E-state index in [4.69, 9.17) is 4.84 Å². The summed E-state index contributed by atoms with van der Waals surface area (Å²) in [7, 11) is 0. The number of rotatable bonds is 7. The van der Waals surface area contributed by atoms with Gasteiger partial charge in [0.2, 0.25) is 0 Å². The average molecular weight is 321 g/mol. The highest BCUT2D eigenvalue weighted by molar-refractivity contribution is 6.01. The van der Waals surface area contributed by atoms with Crippen molar-refractivity contribution in [3.63, 3.8) is 0 Å². The van der Waals surface area contributed by atoms with Gasteiger partial charge in [-0.2, -0.15) is 5.48 Å².